The number of rotatable bonds is 1. The van der Waals surface area contributed by atoms with Gasteiger partial charge in [0.25, 0.3) is 0 Å². The van der Waals surface area contributed by atoms with Crippen LogP contribution in [0.4, 0.5) is 0 Å². The van der Waals surface area contributed by atoms with E-state index in [1.807, 2.05) is 4.90 Å². The van der Waals surface area contributed by atoms with Crippen molar-refractivity contribution in [3.05, 3.63) is 34.6 Å². The Bertz CT molecular complexity index is 1010. The second-order valence-electron chi connectivity index (χ2n) is 9.61. The van der Waals surface area contributed by atoms with Crippen LogP contribution >= 0.6 is 0 Å². The second kappa shape index (κ2) is 5.53. The molecular weight excluding hydrogens is 350 g/mol. The lowest BCUT2D eigenvalue weighted by atomic mass is 9.63. The first-order valence-electron chi connectivity index (χ1n) is 10.4. The maximum Gasteiger partial charge on any atom is 0.235 e. The summed E-state index contributed by atoms with van der Waals surface area (Å²) in [5.41, 5.74) is 5.32. The van der Waals surface area contributed by atoms with E-state index in [1.165, 1.54) is 11.1 Å². The van der Waals surface area contributed by atoms with Crippen LogP contribution in [0.25, 0.3) is 11.0 Å². The number of carbonyl (C=O) groups excluding carboxylic acids is 1. The monoisotopic (exact) mass is 379 g/mol. The summed E-state index contributed by atoms with van der Waals surface area (Å²) < 4.78 is 5.49. The summed E-state index contributed by atoms with van der Waals surface area (Å²) >= 11 is 0. The zero-order valence-corrected chi connectivity index (χ0v) is 17.6. The Kier molecular flexibility index (Phi) is 3.57. The number of aromatic nitrogens is 2. The first-order chi connectivity index (χ1) is 13.2. The molecule has 2 heterocycles. The number of hydrogen-bond donors (Lipinski definition) is 0. The summed E-state index contributed by atoms with van der Waals surface area (Å²) in [7, 11) is 0. The number of carbonyl (C=O) groups is 1. The van der Waals surface area contributed by atoms with Gasteiger partial charge in [0.1, 0.15) is 0 Å². The summed E-state index contributed by atoms with van der Waals surface area (Å²) in [6.45, 7) is 13.6. The molecule has 1 saturated carbocycles. The van der Waals surface area contributed by atoms with E-state index in [4.69, 9.17) is 14.7 Å². The number of ether oxygens (including phenoxy) is 1. The average molecular weight is 380 g/mol. The molecule has 0 N–H and O–H groups in total. The zero-order valence-electron chi connectivity index (χ0n) is 17.6. The first kappa shape index (κ1) is 18.0. The Labute approximate surface area is 166 Å². The summed E-state index contributed by atoms with van der Waals surface area (Å²) in [6.07, 6.45) is 1.83. The Morgan fingerprint density at radius 1 is 0.964 bits per heavy atom. The molecule has 2 fully saturated rings. The highest BCUT2D eigenvalue weighted by molar-refractivity contribution is 5.93. The lowest BCUT2D eigenvalue weighted by molar-refractivity contribution is -0.145. The van der Waals surface area contributed by atoms with E-state index in [2.05, 4.69) is 46.8 Å². The van der Waals surface area contributed by atoms with E-state index in [9.17, 15) is 4.79 Å². The molecule has 1 aromatic heterocycles. The Morgan fingerprint density at radius 2 is 1.54 bits per heavy atom. The van der Waals surface area contributed by atoms with Crippen LogP contribution in [0.5, 0.6) is 0 Å². The fourth-order valence-corrected chi connectivity index (χ4v) is 5.87. The molecule has 2 atom stereocenters. The molecule has 2 bridgehead atoms. The molecule has 1 aliphatic heterocycles. The van der Waals surface area contributed by atoms with E-state index < -0.39 is 5.41 Å². The minimum Gasteiger partial charge on any atom is -0.378 e. The van der Waals surface area contributed by atoms with Gasteiger partial charge in [-0.25, -0.2) is 9.97 Å². The van der Waals surface area contributed by atoms with Gasteiger partial charge in [0.2, 0.25) is 5.91 Å². The summed E-state index contributed by atoms with van der Waals surface area (Å²) in [5, 5.41) is 0. The van der Waals surface area contributed by atoms with Crippen molar-refractivity contribution in [3.63, 3.8) is 0 Å². The standard InChI is InChI=1S/C23H29N3O2/c1-14-12-16-17(13-15(14)2)25-19-18(24-16)22(5)6-7-23(19,21(22,3)4)20(27)26-8-10-28-11-9-26/h12-13H,6-11H2,1-5H3. The van der Waals surface area contributed by atoms with Gasteiger partial charge in [-0.2, -0.15) is 0 Å². The number of benzene rings is 1. The van der Waals surface area contributed by atoms with Crippen LogP contribution in [0.2, 0.25) is 0 Å². The van der Waals surface area contributed by atoms with Crippen molar-refractivity contribution in [2.75, 3.05) is 26.3 Å². The molecule has 148 valence electrons. The number of fused-ring (bicyclic) bond motifs is 6. The minimum absolute atomic E-state index is 0.135. The SMILES string of the molecule is Cc1cc2nc3c(nc2cc1C)C1(C(=O)N2CCOCC2)CCC3(C)C1(C)C. The van der Waals surface area contributed by atoms with Crippen molar-refractivity contribution < 1.29 is 9.53 Å². The van der Waals surface area contributed by atoms with Crippen molar-refractivity contribution in [1.29, 1.82) is 0 Å². The van der Waals surface area contributed by atoms with Crippen LogP contribution in [0.3, 0.4) is 0 Å². The van der Waals surface area contributed by atoms with Gasteiger partial charge in [-0.3, -0.25) is 4.79 Å². The predicted molar refractivity (Wildman–Crippen MR) is 108 cm³/mol. The number of hydrogen-bond acceptors (Lipinski definition) is 4. The average Bonchev–Trinajstić information content (AvgIpc) is 2.97. The first-order valence-corrected chi connectivity index (χ1v) is 10.4. The molecule has 2 aliphatic carbocycles. The van der Waals surface area contributed by atoms with Crippen molar-refractivity contribution >= 4 is 16.9 Å². The molecule has 2 unspecified atom stereocenters. The molecule has 1 aromatic carbocycles. The van der Waals surface area contributed by atoms with Crippen LogP contribution < -0.4 is 0 Å². The molecule has 1 amide bonds. The number of morpholine rings is 1. The van der Waals surface area contributed by atoms with Crippen LogP contribution in [0, 0.1) is 19.3 Å². The Balaban J connectivity index is 1.76. The smallest absolute Gasteiger partial charge is 0.235 e. The molecule has 5 rings (SSSR count). The van der Waals surface area contributed by atoms with E-state index in [0.717, 1.165) is 35.3 Å². The van der Waals surface area contributed by atoms with E-state index in [1.54, 1.807) is 0 Å². The van der Waals surface area contributed by atoms with Gasteiger partial charge < -0.3 is 9.64 Å². The highest BCUT2D eigenvalue weighted by atomic mass is 16.5. The molecule has 2 aromatic rings. The van der Waals surface area contributed by atoms with Crippen LogP contribution in [0.1, 0.15) is 56.1 Å². The van der Waals surface area contributed by atoms with Gasteiger partial charge in [-0.1, -0.05) is 20.8 Å². The zero-order chi connectivity index (χ0) is 19.9. The van der Waals surface area contributed by atoms with Gasteiger partial charge in [0.05, 0.1) is 41.1 Å². The van der Waals surface area contributed by atoms with E-state index >= 15 is 0 Å². The Morgan fingerprint density at radius 3 is 2.14 bits per heavy atom. The van der Waals surface area contributed by atoms with E-state index in [-0.39, 0.29) is 16.7 Å². The molecule has 0 spiro atoms. The van der Waals surface area contributed by atoms with Crippen LogP contribution in [0.15, 0.2) is 12.1 Å². The van der Waals surface area contributed by atoms with Crippen molar-refractivity contribution in [3.8, 4) is 0 Å². The third kappa shape index (κ3) is 1.93. The molecule has 3 aliphatic rings. The molecule has 0 radical (unpaired) electrons. The third-order valence-corrected chi connectivity index (χ3v) is 8.32. The maximum absolute atomic E-state index is 14.0. The Hall–Kier alpha value is -2.01. The van der Waals surface area contributed by atoms with Gasteiger partial charge >= 0.3 is 0 Å². The number of aryl methyl sites for hydroxylation is 2. The van der Waals surface area contributed by atoms with Crippen molar-refractivity contribution in [2.45, 2.75) is 58.3 Å². The second-order valence-corrected chi connectivity index (χ2v) is 9.61. The van der Waals surface area contributed by atoms with Crippen LogP contribution in [-0.2, 0) is 20.4 Å². The molecule has 28 heavy (non-hydrogen) atoms. The summed E-state index contributed by atoms with van der Waals surface area (Å²) in [4.78, 5) is 26.2. The highest BCUT2D eigenvalue weighted by Crippen LogP contribution is 2.70. The highest BCUT2D eigenvalue weighted by Gasteiger charge is 2.73. The van der Waals surface area contributed by atoms with Gasteiger partial charge in [-0.05, 0) is 55.4 Å². The van der Waals surface area contributed by atoms with Crippen molar-refractivity contribution in [1.82, 2.24) is 14.9 Å². The summed E-state index contributed by atoms with van der Waals surface area (Å²) in [5.74, 6) is 0.223. The van der Waals surface area contributed by atoms with Gasteiger partial charge in [-0.15, -0.1) is 0 Å². The topological polar surface area (TPSA) is 55.3 Å². The fraction of sp³-hybridized carbons (Fsp3) is 0.609. The molecular formula is C23H29N3O2. The molecule has 5 nitrogen and oxygen atoms in total. The molecule has 1 saturated heterocycles. The summed E-state index contributed by atoms with van der Waals surface area (Å²) in [6, 6.07) is 4.25. The number of amides is 1. The van der Waals surface area contributed by atoms with Crippen LogP contribution in [-0.4, -0.2) is 47.1 Å². The van der Waals surface area contributed by atoms with Gasteiger partial charge in [0, 0.05) is 18.5 Å². The largest absolute Gasteiger partial charge is 0.378 e. The lowest BCUT2D eigenvalue weighted by Crippen LogP contribution is -2.55. The normalized spacial score (nSPS) is 30.7. The van der Waals surface area contributed by atoms with Gasteiger partial charge in [0.15, 0.2) is 0 Å². The third-order valence-electron chi connectivity index (χ3n) is 8.32. The quantitative estimate of drug-likeness (QED) is 0.762. The minimum atomic E-state index is -0.589. The fourth-order valence-electron chi connectivity index (χ4n) is 5.87. The predicted octanol–water partition coefficient (Wildman–Crippen LogP) is 3.43. The number of nitrogens with zero attached hydrogens (tertiary/aromatic N) is 3. The maximum atomic E-state index is 14.0. The molecule has 5 heteroatoms. The lowest BCUT2D eigenvalue weighted by Gasteiger charge is -2.43. The van der Waals surface area contributed by atoms with E-state index in [0.29, 0.717) is 26.3 Å². The van der Waals surface area contributed by atoms with Crippen molar-refractivity contribution in [2.24, 2.45) is 5.41 Å².